The largest absolute Gasteiger partial charge is 0.497 e. The first-order valence-corrected chi connectivity index (χ1v) is 9.70. The molecule has 0 bridgehead atoms. The predicted molar refractivity (Wildman–Crippen MR) is 108 cm³/mol. The average molecular weight is 395 g/mol. The Balaban J connectivity index is 1.70. The third-order valence-corrected chi connectivity index (χ3v) is 5.29. The number of hydrogen-bond donors (Lipinski definition) is 0. The maximum Gasteiger partial charge on any atom is 0.410 e. The fraction of sp³-hybridized carbons (Fsp3) is 0.348. The molecule has 0 saturated carbocycles. The number of ketones is 1. The number of piperidine rings is 1. The van der Waals surface area contributed by atoms with E-state index < -0.39 is 12.1 Å². The van der Waals surface area contributed by atoms with Crippen LogP contribution in [-0.2, 0) is 20.9 Å². The van der Waals surface area contributed by atoms with Crippen molar-refractivity contribution in [2.75, 3.05) is 13.7 Å². The molecule has 1 aliphatic rings. The molecule has 2 aromatic carbocycles. The molecule has 1 saturated heterocycles. The van der Waals surface area contributed by atoms with Gasteiger partial charge in [-0.25, -0.2) is 4.79 Å². The first-order chi connectivity index (χ1) is 14.1. The van der Waals surface area contributed by atoms with Crippen LogP contribution in [0.5, 0.6) is 5.75 Å². The molecule has 1 aliphatic heterocycles. The molecular formula is C23H25NO5. The number of rotatable bonds is 7. The van der Waals surface area contributed by atoms with Gasteiger partial charge in [0.1, 0.15) is 18.6 Å². The molecule has 152 valence electrons. The van der Waals surface area contributed by atoms with Crippen LogP contribution in [0.1, 0.15) is 36.3 Å². The molecule has 0 aromatic heterocycles. The van der Waals surface area contributed by atoms with E-state index in [4.69, 9.17) is 9.47 Å². The van der Waals surface area contributed by atoms with Crippen LogP contribution < -0.4 is 4.74 Å². The van der Waals surface area contributed by atoms with E-state index in [0.717, 1.165) is 23.3 Å². The Bertz CT molecular complexity index is 834. The van der Waals surface area contributed by atoms with E-state index in [9.17, 15) is 14.4 Å². The Hall–Kier alpha value is -3.15. The van der Waals surface area contributed by atoms with Crippen LogP contribution in [0.2, 0.25) is 0 Å². The molecule has 1 heterocycles. The summed E-state index contributed by atoms with van der Waals surface area (Å²) in [4.78, 5) is 37.6. The number of carbonyl (C=O) groups excluding carboxylic acids is 3. The standard InChI is InChI=1S/C23H25NO5/c1-28-20-9-7-18(8-10-20)19-11-13-24(21(15-19)22(26)12-14-25)23(27)29-16-17-5-3-2-4-6-17/h2-10,14,19,21H,11-13,15-16H2,1H3. The Labute approximate surface area is 170 Å². The minimum absolute atomic E-state index is 0.125. The van der Waals surface area contributed by atoms with Crippen molar-refractivity contribution in [2.45, 2.75) is 37.8 Å². The minimum atomic E-state index is -0.663. The van der Waals surface area contributed by atoms with E-state index in [1.165, 1.54) is 4.90 Å². The smallest absolute Gasteiger partial charge is 0.410 e. The van der Waals surface area contributed by atoms with Crippen molar-refractivity contribution >= 4 is 18.2 Å². The van der Waals surface area contributed by atoms with E-state index >= 15 is 0 Å². The highest BCUT2D eigenvalue weighted by Crippen LogP contribution is 2.33. The van der Waals surface area contributed by atoms with Gasteiger partial charge in [0.05, 0.1) is 19.6 Å². The van der Waals surface area contributed by atoms with Gasteiger partial charge in [-0.2, -0.15) is 0 Å². The number of amides is 1. The van der Waals surface area contributed by atoms with Gasteiger partial charge in [0.25, 0.3) is 0 Å². The Morgan fingerprint density at radius 1 is 1.10 bits per heavy atom. The van der Waals surface area contributed by atoms with Crippen LogP contribution >= 0.6 is 0 Å². The summed E-state index contributed by atoms with van der Waals surface area (Å²) in [5.41, 5.74) is 1.97. The van der Waals surface area contributed by atoms with Gasteiger partial charge in [-0.05, 0) is 42.0 Å². The average Bonchev–Trinajstić information content (AvgIpc) is 2.78. The van der Waals surface area contributed by atoms with Crippen LogP contribution in [0, 0.1) is 0 Å². The van der Waals surface area contributed by atoms with Gasteiger partial charge >= 0.3 is 6.09 Å². The second-order valence-electron chi connectivity index (χ2n) is 7.08. The number of Topliss-reactive ketones (excluding diaryl/α,β-unsaturated/α-hetero) is 1. The maximum absolute atomic E-state index is 12.7. The third-order valence-electron chi connectivity index (χ3n) is 5.29. The van der Waals surface area contributed by atoms with Crippen LogP contribution in [0.15, 0.2) is 54.6 Å². The number of benzene rings is 2. The summed E-state index contributed by atoms with van der Waals surface area (Å²) in [6, 6.07) is 16.5. The number of nitrogens with zero attached hydrogens (tertiary/aromatic N) is 1. The number of methoxy groups -OCH3 is 1. The molecule has 2 aromatic rings. The number of ether oxygens (including phenoxy) is 2. The highest BCUT2D eigenvalue weighted by atomic mass is 16.6. The van der Waals surface area contributed by atoms with Gasteiger partial charge in [0.15, 0.2) is 5.78 Å². The van der Waals surface area contributed by atoms with Crippen molar-refractivity contribution in [3.63, 3.8) is 0 Å². The first kappa shape index (κ1) is 20.6. The highest BCUT2D eigenvalue weighted by molar-refractivity contribution is 5.95. The van der Waals surface area contributed by atoms with E-state index in [-0.39, 0.29) is 24.7 Å². The van der Waals surface area contributed by atoms with Crippen molar-refractivity contribution in [3.05, 3.63) is 65.7 Å². The molecule has 3 rings (SSSR count). The van der Waals surface area contributed by atoms with E-state index in [1.807, 2.05) is 54.6 Å². The monoisotopic (exact) mass is 395 g/mol. The van der Waals surface area contributed by atoms with Crippen molar-refractivity contribution in [2.24, 2.45) is 0 Å². The van der Waals surface area contributed by atoms with Crippen LogP contribution in [-0.4, -0.2) is 42.8 Å². The quantitative estimate of drug-likeness (QED) is 0.527. The zero-order valence-electron chi connectivity index (χ0n) is 16.5. The summed E-state index contributed by atoms with van der Waals surface area (Å²) in [7, 11) is 1.61. The number of likely N-dealkylation sites (tertiary alicyclic amines) is 1. The third kappa shape index (κ3) is 5.22. The second kappa shape index (κ2) is 9.87. The van der Waals surface area contributed by atoms with Crippen molar-refractivity contribution < 1.29 is 23.9 Å². The summed E-state index contributed by atoms with van der Waals surface area (Å²) >= 11 is 0. The fourth-order valence-electron chi connectivity index (χ4n) is 3.69. The Morgan fingerprint density at radius 2 is 1.83 bits per heavy atom. The normalized spacial score (nSPS) is 18.7. The van der Waals surface area contributed by atoms with Gasteiger partial charge in [-0.1, -0.05) is 42.5 Å². The second-order valence-corrected chi connectivity index (χ2v) is 7.08. The molecule has 0 N–H and O–H groups in total. The fourth-order valence-corrected chi connectivity index (χ4v) is 3.69. The SMILES string of the molecule is COc1ccc(C2CCN(C(=O)OCc3ccccc3)C(C(=O)CC=O)C2)cc1. The highest BCUT2D eigenvalue weighted by Gasteiger charge is 2.37. The lowest BCUT2D eigenvalue weighted by molar-refractivity contribution is -0.127. The number of hydrogen-bond acceptors (Lipinski definition) is 5. The van der Waals surface area contributed by atoms with Gasteiger partial charge in [0, 0.05) is 6.54 Å². The van der Waals surface area contributed by atoms with Crippen LogP contribution in [0.25, 0.3) is 0 Å². The van der Waals surface area contributed by atoms with E-state index in [2.05, 4.69) is 0 Å². The molecule has 6 nitrogen and oxygen atoms in total. The molecule has 0 aliphatic carbocycles. The molecule has 1 fully saturated rings. The van der Waals surface area contributed by atoms with Gasteiger partial charge in [-0.3, -0.25) is 9.69 Å². The number of aldehydes is 1. The summed E-state index contributed by atoms with van der Waals surface area (Å²) < 4.78 is 10.6. The van der Waals surface area contributed by atoms with E-state index in [1.54, 1.807) is 7.11 Å². The Morgan fingerprint density at radius 3 is 2.48 bits per heavy atom. The molecule has 0 spiro atoms. The molecule has 29 heavy (non-hydrogen) atoms. The van der Waals surface area contributed by atoms with Gasteiger partial charge in [0.2, 0.25) is 0 Å². The lowest BCUT2D eigenvalue weighted by Gasteiger charge is -2.38. The lowest BCUT2D eigenvalue weighted by Crippen LogP contribution is -2.50. The van der Waals surface area contributed by atoms with Gasteiger partial charge < -0.3 is 14.3 Å². The lowest BCUT2D eigenvalue weighted by atomic mass is 9.83. The van der Waals surface area contributed by atoms with Crippen LogP contribution in [0.4, 0.5) is 4.79 Å². The maximum atomic E-state index is 12.7. The van der Waals surface area contributed by atoms with Crippen LogP contribution in [0.3, 0.4) is 0 Å². The summed E-state index contributed by atoms with van der Waals surface area (Å²) in [6.07, 6.45) is 1.05. The minimum Gasteiger partial charge on any atom is -0.497 e. The topological polar surface area (TPSA) is 72.9 Å². The van der Waals surface area contributed by atoms with Crippen molar-refractivity contribution in [1.29, 1.82) is 0 Å². The predicted octanol–water partition coefficient (Wildman–Crippen LogP) is 3.74. The molecule has 2 unspecified atom stereocenters. The van der Waals surface area contributed by atoms with Crippen molar-refractivity contribution in [3.8, 4) is 5.75 Å². The summed E-state index contributed by atoms with van der Waals surface area (Å²) in [6.45, 7) is 0.548. The molecular weight excluding hydrogens is 370 g/mol. The molecule has 0 radical (unpaired) electrons. The Kier molecular flexibility index (Phi) is 7.00. The van der Waals surface area contributed by atoms with Crippen molar-refractivity contribution in [1.82, 2.24) is 4.90 Å². The number of carbonyl (C=O) groups is 3. The molecule has 6 heteroatoms. The van der Waals surface area contributed by atoms with E-state index in [0.29, 0.717) is 19.3 Å². The summed E-state index contributed by atoms with van der Waals surface area (Å²) in [5, 5.41) is 0. The first-order valence-electron chi connectivity index (χ1n) is 9.70. The molecule has 2 atom stereocenters. The molecule has 1 amide bonds. The van der Waals surface area contributed by atoms with Gasteiger partial charge in [-0.15, -0.1) is 0 Å². The zero-order valence-corrected chi connectivity index (χ0v) is 16.5. The zero-order chi connectivity index (χ0) is 20.6. The summed E-state index contributed by atoms with van der Waals surface area (Å²) in [5.74, 6) is 0.638.